The molecule has 0 fully saturated rings. The van der Waals surface area contributed by atoms with Gasteiger partial charge in [0.05, 0.1) is 4.90 Å². The average Bonchev–Trinajstić information content (AvgIpc) is 2.06. The van der Waals surface area contributed by atoms with Crippen molar-refractivity contribution >= 4 is 22.8 Å². The van der Waals surface area contributed by atoms with E-state index in [4.69, 9.17) is 0 Å². The molecule has 1 aromatic carbocycles. The fourth-order valence-corrected chi connectivity index (χ4v) is 1.59. The van der Waals surface area contributed by atoms with Crippen LogP contribution in [0, 0.1) is 0 Å². The van der Waals surface area contributed by atoms with Gasteiger partial charge in [0.15, 0.2) is 0 Å². The Morgan fingerprint density at radius 2 is 1.73 bits per heavy atom. The van der Waals surface area contributed by atoms with Crippen molar-refractivity contribution in [3.63, 3.8) is 0 Å². The first-order chi connectivity index (χ1) is 5.17. The molecule has 0 aliphatic heterocycles. The summed E-state index contributed by atoms with van der Waals surface area (Å²) in [5, 5.41) is 0. The first-order valence-electron chi connectivity index (χ1n) is 2.88. The van der Waals surface area contributed by atoms with Crippen molar-refractivity contribution in [2.24, 2.45) is 0 Å². The summed E-state index contributed by atoms with van der Waals surface area (Å²) < 4.78 is 24.0. The third-order valence-electron chi connectivity index (χ3n) is 1.17. The predicted octanol–water partition coefficient (Wildman–Crippen LogP) is 0.810. The van der Waals surface area contributed by atoms with Crippen molar-refractivity contribution in [1.29, 1.82) is 0 Å². The fourth-order valence-electron chi connectivity index (χ4n) is 0.652. The predicted molar refractivity (Wildman–Crippen MR) is 45.7 cm³/mol. The van der Waals surface area contributed by atoms with Gasteiger partial charge in [0.2, 0.25) is 10.0 Å². The number of rotatable bonds is 2. The molecule has 5 heteroatoms. The van der Waals surface area contributed by atoms with E-state index in [-0.39, 0.29) is 4.90 Å². The minimum atomic E-state index is -3.38. The number of thiol groups is 1. The number of hydrogen-bond acceptors (Lipinski definition) is 3. The lowest BCUT2D eigenvalue weighted by atomic mass is 10.4. The second-order valence-corrected chi connectivity index (χ2v) is 4.12. The smallest absolute Gasteiger partial charge is 0.206 e. The van der Waals surface area contributed by atoms with Crippen molar-refractivity contribution in [3.8, 4) is 0 Å². The molecule has 3 nitrogen and oxygen atoms in total. The van der Waals surface area contributed by atoms with Crippen LogP contribution < -0.4 is 4.13 Å². The number of sulfonamides is 1. The van der Waals surface area contributed by atoms with Crippen LogP contribution in [0.1, 0.15) is 0 Å². The van der Waals surface area contributed by atoms with E-state index in [1.165, 1.54) is 12.1 Å². The Morgan fingerprint density at radius 3 is 2.18 bits per heavy atom. The van der Waals surface area contributed by atoms with Crippen LogP contribution >= 0.6 is 12.8 Å². The lowest BCUT2D eigenvalue weighted by Crippen LogP contribution is -2.13. The van der Waals surface area contributed by atoms with Crippen LogP contribution in [0.2, 0.25) is 0 Å². The molecule has 11 heavy (non-hydrogen) atoms. The Hall–Kier alpha value is -0.520. The standard InChI is InChI=1S/C6H7NO2S2/c8-11(9,7-10)6-4-2-1-3-5-6/h1-5,7,10H. The number of benzene rings is 1. The zero-order valence-electron chi connectivity index (χ0n) is 5.56. The molecule has 0 bridgehead atoms. The molecule has 1 rings (SSSR count). The third kappa shape index (κ3) is 1.95. The van der Waals surface area contributed by atoms with Gasteiger partial charge in [-0.15, -0.1) is 0 Å². The van der Waals surface area contributed by atoms with E-state index in [0.717, 1.165) is 0 Å². The lowest BCUT2D eigenvalue weighted by molar-refractivity contribution is 0.595. The van der Waals surface area contributed by atoms with Gasteiger partial charge in [-0.25, -0.2) is 8.42 Å². The largest absolute Gasteiger partial charge is 0.249 e. The molecular formula is C6H7NO2S2. The van der Waals surface area contributed by atoms with Gasteiger partial charge in [0.25, 0.3) is 0 Å². The molecule has 0 aliphatic rings. The molecule has 0 atom stereocenters. The van der Waals surface area contributed by atoms with Gasteiger partial charge in [-0.3, -0.25) is 0 Å². The van der Waals surface area contributed by atoms with Crippen LogP contribution in [0.3, 0.4) is 0 Å². The maximum Gasteiger partial charge on any atom is 0.249 e. The molecule has 0 saturated heterocycles. The molecule has 1 N–H and O–H groups in total. The summed E-state index contributed by atoms with van der Waals surface area (Å²) in [7, 11) is -3.38. The Labute approximate surface area is 71.0 Å². The Balaban J connectivity index is 3.14. The van der Waals surface area contributed by atoms with Crippen molar-refractivity contribution in [1.82, 2.24) is 4.13 Å². The van der Waals surface area contributed by atoms with Gasteiger partial charge in [-0.05, 0) is 12.1 Å². The van der Waals surface area contributed by atoms with Crippen LogP contribution in [-0.4, -0.2) is 8.42 Å². The highest BCUT2D eigenvalue weighted by Crippen LogP contribution is 2.06. The van der Waals surface area contributed by atoms with Crippen LogP contribution in [0.25, 0.3) is 0 Å². The summed E-state index contributed by atoms with van der Waals surface area (Å²) in [6.45, 7) is 0. The van der Waals surface area contributed by atoms with Gasteiger partial charge in [-0.1, -0.05) is 31.0 Å². The third-order valence-corrected chi connectivity index (χ3v) is 3.03. The molecule has 0 saturated carbocycles. The topological polar surface area (TPSA) is 46.2 Å². The molecule has 0 spiro atoms. The van der Waals surface area contributed by atoms with Gasteiger partial charge >= 0.3 is 0 Å². The first-order valence-corrected chi connectivity index (χ1v) is 4.81. The summed E-state index contributed by atoms with van der Waals surface area (Å²) in [4.78, 5) is 0.218. The molecule has 0 radical (unpaired) electrons. The second kappa shape index (κ2) is 3.25. The van der Waals surface area contributed by atoms with Gasteiger partial charge < -0.3 is 0 Å². The monoisotopic (exact) mass is 189 g/mol. The van der Waals surface area contributed by atoms with E-state index in [0.29, 0.717) is 0 Å². The van der Waals surface area contributed by atoms with Crippen LogP contribution in [-0.2, 0) is 10.0 Å². The van der Waals surface area contributed by atoms with E-state index < -0.39 is 10.0 Å². The minimum absolute atomic E-state index is 0.218. The molecule has 0 aliphatic carbocycles. The van der Waals surface area contributed by atoms with Gasteiger partial charge in [0.1, 0.15) is 0 Å². The maximum absolute atomic E-state index is 11.0. The Morgan fingerprint density at radius 1 is 1.18 bits per heavy atom. The Bertz CT molecular complexity index is 320. The molecule has 0 unspecified atom stereocenters. The SMILES string of the molecule is O=S(=O)(NS)c1ccccc1. The normalized spacial score (nSPS) is 11.4. The molecule has 60 valence electrons. The second-order valence-electron chi connectivity index (χ2n) is 1.91. The summed E-state index contributed by atoms with van der Waals surface area (Å²) in [5.74, 6) is 0. The Kier molecular flexibility index (Phi) is 2.53. The minimum Gasteiger partial charge on any atom is -0.206 e. The van der Waals surface area contributed by atoms with Crippen LogP contribution in [0.4, 0.5) is 0 Å². The zero-order valence-corrected chi connectivity index (χ0v) is 7.27. The summed E-state index contributed by atoms with van der Waals surface area (Å²) >= 11 is 3.47. The van der Waals surface area contributed by atoms with Crippen molar-refractivity contribution in [3.05, 3.63) is 30.3 Å². The van der Waals surface area contributed by atoms with E-state index in [1.807, 2.05) is 4.13 Å². The molecular weight excluding hydrogens is 182 g/mol. The van der Waals surface area contributed by atoms with Crippen LogP contribution in [0.15, 0.2) is 35.2 Å². The quantitative estimate of drug-likeness (QED) is 0.676. The highest BCUT2D eigenvalue weighted by atomic mass is 32.3. The molecule has 1 aromatic rings. The van der Waals surface area contributed by atoms with E-state index >= 15 is 0 Å². The van der Waals surface area contributed by atoms with Gasteiger partial charge in [0, 0.05) is 0 Å². The molecule has 0 aromatic heterocycles. The van der Waals surface area contributed by atoms with Crippen molar-refractivity contribution in [2.45, 2.75) is 4.90 Å². The number of hydrogen-bond donors (Lipinski definition) is 2. The lowest BCUT2D eigenvalue weighted by Gasteiger charge is -1.98. The van der Waals surface area contributed by atoms with E-state index in [9.17, 15) is 8.42 Å². The summed E-state index contributed by atoms with van der Waals surface area (Å²) in [6.07, 6.45) is 0. The average molecular weight is 189 g/mol. The number of nitrogens with one attached hydrogen (secondary N) is 1. The maximum atomic E-state index is 11.0. The van der Waals surface area contributed by atoms with Crippen molar-refractivity contribution < 1.29 is 8.42 Å². The van der Waals surface area contributed by atoms with Crippen LogP contribution in [0.5, 0.6) is 0 Å². The highest BCUT2D eigenvalue weighted by Gasteiger charge is 2.08. The first kappa shape index (κ1) is 8.58. The summed E-state index contributed by atoms with van der Waals surface area (Å²) in [6, 6.07) is 8.05. The van der Waals surface area contributed by atoms with E-state index in [1.54, 1.807) is 18.2 Å². The zero-order chi connectivity index (χ0) is 8.32. The fraction of sp³-hybridized carbons (Fsp3) is 0. The van der Waals surface area contributed by atoms with E-state index in [2.05, 4.69) is 12.8 Å². The van der Waals surface area contributed by atoms with Gasteiger partial charge in [-0.2, -0.15) is 4.13 Å². The van der Waals surface area contributed by atoms with Crippen molar-refractivity contribution in [2.75, 3.05) is 0 Å². The highest BCUT2D eigenvalue weighted by molar-refractivity contribution is 8.00. The molecule has 0 heterocycles. The molecule has 0 amide bonds. The summed E-state index contributed by atoms with van der Waals surface area (Å²) in [5.41, 5.74) is 0.